The number of nitrogens with zero attached hydrogens (tertiary/aromatic N) is 1. The summed E-state index contributed by atoms with van der Waals surface area (Å²) in [6, 6.07) is 0. The van der Waals surface area contributed by atoms with E-state index < -0.39 is 41.8 Å². The summed E-state index contributed by atoms with van der Waals surface area (Å²) in [6.45, 7) is 0.0988. The highest BCUT2D eigenvalue weighted by Crippen LogP contribution is 2.36. The van der Waals surface area contributed by atoms with E-state index >= 15 is 0 Å². The molecule has 0 atom stereocenters. The third-order valence-corrected chi connectivity index (χ3v) is 2.14. The largest absolute Gasteiger partial charge is 0.573 e. The fourth-order valence-corrected chi connectivity index (χ4v) is 1.39. The SMILES string of the molecule is CCOC(=O)c1cnc(OC)c(OC(F)(F)F)c1CF. The third-order valence-electron chi connectivity index (χ3n) is 2.14. The van der Waals surface area contributed by atoms with E-state index in [4.69, 9.17) is 0 Å². The maximum atomic E-state index is 13.0. The number of pyridine rings is 1. The molecule has 112 valence electrons. The fourth-order valence-electron chi connectivity index (χ4n) is 1.39. The second-order valence-electron chi connectivity index (χ2n) is 3.39. The molecule has 0 fully saturated rings. The average molecular weight is 297 g/mol. The van der Waals surface area contributed by atoms with E-state index in [9.17, 15) is 22.4 Å². The van der Waals surface area contributed by atoms with Crippen LogP contribution in [0.4, 0.5) is 17.6 Å². The molecule has 20 heavy (non-hydrogen) atoms. The van der Waals surface area contributed by atoms with Gasteiger partial charge < -0.3 is 14.2 Å². The number of hydrogen-bond acceptors (Lipinski definition) is 5. The topological polar surface area (TPSA) is 57.7 Å². The van der Waals surface area contributed by atoms with E-state index in [1.54, 1.807) is 0 Å². The van der Waals surface area contributed by atoms with Gasteiger partial charge in [0.2, 0.25) is 0 Å². The molecular formula is C11H11F4NO4. The minimum absolute atomic E-state index is 0.0218. The molecule has 0 N–H and O–H groups in total. The second-order valence-corrected chi connectivity index (χ2v) is 3.39. The lowest BCUT2D eigenvalue weighted by molar-refractivity contribution is -0.275. The van der Waals surface area contributed by atoms with Gasteiger partial charge >= 0.3 is 12.3 Å². The van der Waals surface area contributed by atoms with Crippen molar-refractivity contribution in [3.05, 3.63) is 17.3 Å². The number of alkyl halides is 4. The minimum Gasteiger partial charge on any atom is -0.478 e. The lowest BCUT2D eigenvalue weighted by Gasteiger charge is -2.16. The van der Waals surface area contributed by atoms with Crippen molar-refractivity contribution in [2.45, 2.75) is 20.0 Å². The molecule has 0 saturated heterocycles. The van der Waals surface area contributed by atoms with Gasteiger partial charge in [0.15, 0.2) is 5.75 Å². The van der Waals surface area contributed by atoms with Crippen molar-refractivity contribution in [1.82, 2.24) is 4.98 Å². The molecule has 1 rings (SSSR count). The number of aromatic nitrogens is 1. The molecule has 1 aromatic heterocycles. The Kier molecular flexibility index (Phi) is 5.12. The van der Waals surface area contributed by atoms with Gasteiger partial charge in [-0.1, -0.05) is 0 Å². The van der Waals surface area contributed by atoms with Gasteiger partial charge in [0.05, 0.1) is 19.3 Å². The first-order valence-electron chi connectivity index (χ1n) is 5.38. The number of hydrogen-bond donors (Lipinski definition) is 0. The number of carbonyl (C=O) groups excluding carboxylic acids is 1. The summed E-state index contributed by atoms with van der Waals surface area (Å²) in [5.74, 6) is -2.57. The fraction of sp³-hybridized carbons (Fsp3) is 0.455. The molecule has 0 spiro atoms. The number of rotatable bonds is 5. The normalized spacial score (nSPS) is 11.1. The average Bonchev–Trinajstić information content (AvgIpc) is 2.36. The molecule has 1 aromatic rings. The van der Waals surface area contributed by atoms with Gasteiger partial charge in [0, 0.05) is 11.8 Å². The van der Waals surface area contributed by atoms with Gasteiger partial charge in [-0.15, -0.1) is 13.2 Å². The highest BCUT2D eigenvalue weighted by atomic mass is 19.4. The molecule has 0 aliphatic heterocycles. The first kappa shape index (κ1) is 16.0. The lowest BCUT2D eigenvalue weighted by Crippen LogP contribution is -2.20. The predicted octanol–water partition coefficient (Wildman–Crippen LogP) is 2.64. The summed E-state index contributed by atoms with van der Waals surface area (Å²) in [6.07, 6.45) is -4.21. The Balaban J connectivity index is 3.36. The van der Waals surface area contributed by atoms with Crippen LogP contribution in [0.25, 0.3) is 0 Å². The number of ether oxygens (including phenoxy) is 3. The predicted molar refractivity (Wildman–Crippen MR) is 58.2 cm³/mol. The quantitative estimate of drug-likeness (QED) is 0.617. The van der Waals surface area contributed by atoms with Gasteiger partial charge in [-0.25, -0.2) is 14.2 Å². The van der Waals surface area contributed by atoms with Crippen LogP contribution in [-0.2, 0) is 11.4 Å². The van der Waals surface area contributed by atoms with Crippen LogP contribution < -0.4 is 9.47 Å². The number of esters is 1. The van der Waals surface area contributed by atoms with Crippen molar-refractivity contribution in [3.63, 3.8) is 0 Å². The maximum Gasteiger partial charge on any atom is 0.573 e. The zero-order valence-electron chi connectivity index (χ0n) is 10.6. The Hall–Kier alpha value is -2.06. The molecule has 0 unspecified atom stereocenters. The molecule has 0 amide bonds. The molecule has 9 heteroatoms. The van der Waals surface area contributed by atoms with E-state index in [1.807, 2.05) is 0 Å². The van der Waals surface area contributed by atoms with Gasteiger partial charge in [-0.2, -0.15) is 0 Å². The molecule has 1 heterocycles. The van der Waals surface area contributed by atoms with Crippen molar-refractivity contribution >= 4 is 5.97 Å². The summed E-state index contributed by atoms with van der Waals surface area (Å²) < 4.78 is 62.8. The molecule has 0 saturated carbocycles. The zero-order valence-corrected chi connectivity index (χ0v) is 10.6. The highest BCUT2D eigenvalue weighted by Gasteiger charge is 2.35. The Labute approximate surface area is 111 Å². The van der Waals surface area contributed by atoms with E-state index in [-0.39, 0.29) is 6.61 Å². The first-order chi connectivity index (χ1) is 9.34. The molecule has 5 nitrogen and oxygen atoms in total. The van der Waals surface area contributed by atoms with Gasteiger partial charge in [0.1, 0.15) is 6.67 Å². The van der Waals surface area contributed by atoms with Gasteiger partial charge in [0.25, 0.3) is 5.88 Å². The van der Waals surface area contributed by atoms with Crippen molar-refractivity contribution < 1.29 is 36.6 Å². The Morgan fingerprint density at radius 3 is 2.50 bits per heavy atom. The van der Waals surface area contributed by atoms with Crippen LogP contribution >= 0.6 is 0 Å². The third kappa shape index (κ3) is 3.72. The monoisotopic (exact) mass is 297 g/mol. The zero-order chi connectivity index (χ0) is 15.3. The van der Waals surface area contributed by atoms with Crippen molar-refractivity contribution in [2.24, 2.45) is 0 Å². The van der Waals surface area contributed by atoms with Crippen LogP contribution in [0.1, 0.15) is 22.8 Å². The lowest BCUT2D eigenvalue weighted by atomic mass is 10.1. The van der Waals surface area contributed by atoms with Crippen LogP contribution in [0.15, 0.2) is 6.20 Å². The summed E-state index contributed by atoms with van der Waals surface area (Å²) >= 11 is 0. The summed E-state index contributed by atoms with van der Waals surface area (Å²) in [4.78, 5) is 15.0. The molecule has 0 aliphatic carbocycles. The van der Waals surface area contributed by atoms with Gasteiger partial charge in [-0.05, 0) is 6.92 Å². The highest BCUT2D eigenvalue weighted by molar-refractivity contribution is 5.91. The van der Waals surface area contributed by atoms with Crippen molar-refractivity contribution in [1.29, 1.82) is 0 Å². The van der Waals surface area contributed by atoms with Crippen LogP contribution in [0, 0.1) is 0 Å². The van der Waals surface area contributed by atoms with Crippen LogP contribution in [-0.4, -0.2) is 31.0 Å². The second kappa shape index (κ2) is 6.40. The van der Waals surface area contributed by atoms with Crippen LogP contribution in [0.3, 0.4) is 0 Å². The molecule has 0 radical (unpaired) electrons. The van der Waals surface area contributed by atoms with Crippen molar-refractivity contribution in [2.75, 3.05) is 13.7 Å². The summed E-state index contributed by atoms with van der Waals surface area (Å²) in [7, 11) is 1.04. The van der Waals surface area contributed by atoms with Crippen LogP contribution in [0.2, 0.25) is 0 Å². The number of halogens is 4. The summed E-state index contributed by atoms with van der Waals surface area (Å²) in [5.41, 5.74) is -1.08. The van der Waals surface area contributed by atoms with E-state index in [2.05, 4.69) is 19.2 Å². The maximum absolute atomic E-state index is 13.0. The Bertz CT molecular complexity index is 490. The minimum atomic E-state index is -5.08. The standard InChI is InChI=1S/C11H11F4NO4/c1-3-19-10(17)7-5-16-9(18-2)8(6(7)4-12)20-11(13,14)15/h5H,3-4H2,1-2H3. The molecule has 0 aliphatic rings. The molecular weight excluding hydrogens is 286 g/mol. The summed E-state index contributed by atoms with van der Waals surface area (Å²) in [5, 5.41) is 0. The van der Waals surface area contributed by atoms with E-state index in [0.29, 0.717) is 0 Å². The first-order valence-corrected chi connectivity index (χ1v) is 5.38. The number of carbonyl (C=O) groups is 1. The smallest absolute Gasteiger partial charge is 0.478 e. The van der Waals surface area contributed by atoms with Gasteiger partial charge in [-0.3, -0.25) is 0 Å². The van der Waals surface area contributed by atoms with Crippen molar-refractivity contribution in [3.8, 4) is 11.6 Å². The van der Waals surface area contributed by atoms with E-state index in [0.717, 1.165) is 13.3 Å². The Morgan fingerprint density at radius 1 is 1.40 bits per heavy atom. The van der Waals surface area contributed by atoms with Crippen LogP contribution in [0.5, 0.6) is 11.6 Å². The van der Waals surface area contributed by atoms with E-state index in [1.165, 1.54) is 6.92 Å². The Morgan fingerprint density at radius 2 is 2.05 bits per heavy atom. The number of methoxy groups -OCH3 is 1. The molecule has 0 aromatic carbocycles. The molecule has 0 bridgehead atoms.